The van der Waals surface area contributed by atoms with Crippen LogP contribution in [0.2, 0.25) is 0 Å². The quantitative estimate of drug-likeness (QED) is 0.284. The van der Waals surface area contributed by atoms with Crippen molar-refractivity contribution in [1.29, 1.82) is 0 Å². The summed E-state index contributed by atoms with van der Waals surface area (Å²) in [7, 11) is -3.96. The number of esters is 1. The summed E-state index contributed by atoms with van der Waals surface area (Å²) in [5, 5.41) is 2.65. The Hall–Kier alpha value is -0.0800. The van der Waals surface area contributed by atoms with Gasteiger partial charge < -0.3 is 10.1 Å². The topological polar surface area (TPSA) is 92.7 Å². The second kappa shape index (κ2) is 9.00. The van der Waals surface area contributed by atoms with Gasteiger partial charge >= 0.3 is 35.5 Å². The van der Waals surface area contributed by atoms with Gasteiger partial charge in [-0.15, -0.1) is 0 Å². The second-order valence-electron chi connectivity index (χ2n) is 2.79. The molecule has 0 aromatic rings. The first-order valence-corrected chi connectivity index (χ1v) is 6.00. The molecule has 2 N–H and O–H groups in total. The van der Waals surface area contributed by atoms with Crippen LogP contribution in [-0.4, -0.2) is 67.4 Å². The molecule has 0 aliphatic rings. The zero-order valence-corrected chi connectivity index (χ0v) is 9.50. The summed E-state index contributed by atoms with van der Waals surface area (Å²) >= 11 is 0. The molecule has 0 aliphatic heterocycles. The fourth-order valence-corrected chi connectivity index (χ4v) is 1.15. The molecule has 0 saturated carbocycles. The van der Waals surface area contributed by atoms with E-state index in [4.69, 9.17) is 4.55 Å². The molecule has 16 heavy (non-hydrogen) atoms. The summed E-state index contributed by atoms with van der Waals surface area (Å²) in [5.41, 5.74) is 0.483. The number of hydrogen-bond donors (Lipinski definition) is 2. The molecule has 0 fully saturated rings. The van der Waals surface area contributed by atoms with Crippen LogP contribution < -0.4 is 5.32 Å². The SMILES string of the molecule is CCOC(=O)C=C(C)NCCS(=O)(=O)O.[NaH]. The summed E-state index contributed by atoms with van der Waals surface area (Å²) in [6.07, 6.45) is 1.22. The standard InChI is InChI=1S/C8H15NO5S.Na.H/c1-3-14-8(10)6-7(2)9-4-5-15(11,12)13;;/h6,9H,3-5H2,1-2H3,(H,11,12,13);;. The van der Waals surface area contributed by atoms with Crippen LogP contribution in [-0.2, 0) is 19.6 Å². The van der Waals surface area contributed by atoms with Crippen molar-refractivity contribution in [2.45, 2.75) is 13.8 Å². The summed E-state index contributed by atoms with van der Waals surface area (Å²) in [6.45, 7) is 3.61. The van der Waals surface area contributed by atoms with Gasteiger partial charge in [0.05, 0.1) is 12.4 Å². The van der Waals surface area contributed by atoms with Crippen LogP contribution in [0.5, 0.6) is 0 Å². The molecule has 0 atom stereocenters. The van der Waals surface area contributed by atoms with Crippen LogP contribution in [0.4, 0.5) is 0 Å². The van der Waals surface area contributed by atoms with Gasteiger partial charge in [0.25, 0.3) is 10.1 Å². The van der Waals surface area contributed by atoms with Crippen molar-refractivity contribution in [3.05, 3.63) is 11.8 Å². The number of rotatable bonds is 6. The molecular weight excluding hydrogens is 245 g/mol. The molecule has 6 nitrogen and oxygen atoms in total. The number of nitrogens with one attached hydrogen (secondary N) is 1. The van der Waals surface area contributed by atoms with Gasteiger partial charge in [0.2, 0.25) is 0 Å². The molecule has 0 spiro atoms. The molecule has 0 aromatic heterocycles. The number of allylic oxidation sites excluding steroid dienone is 1. The number of ether oxygens (including phenoxy) is 1. The molecule has 0 aliphatic carbocycles. The Kier molecular flexibility index (Phi) is 10.3. The first-order chi connectivity index (χ1) is 6.85. The molecule has 0 radical (unpaired) electrons. The normalized spacial score (nSPS) is 11.6. The van der Waals surface area contributed by atoms with Crippen molar-refractivity contribution < 1.29 is 22.5 Å². The minimum absolute atomic E-state index is 0. The Morgan fingerprint density at radius 1 is 1.50 bits per heavy atom. The van der Waals surface area contributed by atoms with E-state index < -0.39 is 21.8 Å². The average molecular weight is 261 g/mol. The third-order valence-electron chi connectivity index (χ3n) is 1.38. The maximum absolute atomic E-state index is 10.9. The predicted molar refractivity (Wildman–Crippen MR) is 62.0 cm³/mol. The Bertz CT molecular complexity index is 338. The third kappa shape index (κ3) is 12.0. The van der Waals surface area contributed by atoms with Crippen LogP contribution >= 0.6 is 0 Å². The van der Waals surface area contributed by atoms with Crippen LogP contribution in [0, 0.1) is 0 Å². The van der Waals surface area contributed by atoms with E-state index in [1.807, 2.05) is 0 Å². The zero-order valence-electron chi connectivity index (χ0n) is 8.69. The Morgan fingerprint density at radius 3 is 2.50 bits per heavy atom. The first kappa shape index (κ1) is 18.3. The van der Waals surface area contributed by atoms with Crippen LogP contribution in [0.3, 0.4) is 0 Å². The molecule has 0 aromatic carbocycles. The summed E-state index contributed by atoms with van der Waals surface area (Å²) in [4.78, 5) is 10.9. The Balaban J connectivity index is 0. The number of hydrogen-bond acceptors (Lipinski definition) is 5. The predicted octanol–water partition coefficient (Wildman–Crippen LogP) is -0.718. The number of carbonyl (C=O) groups is 1. The van der Waals surface area contributed by atoms with Gasteiger partial charge in [-0.2, -0.15) is 8.42 Å². The van der Waals surface area contributed by atoms with Crippen molar-refractivity contribution >= 4 is 45.6 Å². The fraction of sp³-hybridized carbons (Fsp3) is 0.625. The van der Waals surface area contributed by atoms with E-state index >= 15 is 0 Å². The van der Waals surface area contributed by atoms with Crippen LogP contribution in [0.15, 0.2) is 11.8 Å². The van der Waals surface area contributed by atoms with E-state index in [0.29, 0.717) is 5.70 Å². The van der Waals surface area contributed by atoms with E-state index in [2.05, 4.69) is 10.1 Å². The average Bonchev–Trinajstić information content (AvgIpc) is 2.01. The van der Waals surface area contributed by atoms with Crippen molar-refractivity contribution in [3.8, 4) is 0 Å². The van der Waals surface area contributed by atoms with E-state index in [1.165, 1.54) is 6.08 Å². The van der Waals surface area contributed by atoms with Crippen molar-refractivity contribution in [2.75, 3.05) is 18.9 Å². The van der Waals surface area contributed by atoms with Gasteiger partial charge in [0.15, 0.2) is 0 Å². The fourth-order valence-electron chi connectivity index (χ4n) is 0.789. The minimum atomic E-state index is -3.96. The van der Waals surface area contributed by atoms with Crippen LogP contribution in [0.1, 0.15) is 13.8 Å². The van der Waals surface area contributed by atoms with Gasteiger partial charge in [-0.25, -0.2) is 4.79 Å². The molecule has 0 saturated heterocycles. The van der Waals surface area contributed by atoms with Crippen LogP contribution in [0.25, 0.3) is 0 Å². The van der Waals surface area contributed by atoms with E-state index in [-0.39, 0.29) is 42.7 Å². The van der Waals surface area contributed by atoms with Gasteiger partial charge in [0.1, 0.15) is 0 Å². The zero-order chi connectivity index (χ0) is 11.9. The molecule has 0 bridgehead atoms. The second-order valence-corrected chi connectivity index (χ2v) is 4.36. The molecule has 8 heteroatoms. The molecule has 0 amide bonds. The monoisotopic (exact) mass is 261 g/mol. The molecule has 90 valence electrons. The van der Waals surface area contributed by atoms with Gasteiger partial charge in [0, 0.05) is 18.3 Å². The molecule has 0 heterocycles. The third-order valence-corrected chi connectivity index (χ3v) is 2.10. The summed E-state index contributed by atoms with van der Waals surface area (Å²) < 4.78 is 33.7. The van der Waals surface area contributed by atoms with Gasteiger partial charge in [-0.3, -0.25) is 4.55 Å². The van der Waals surface area contributed by atoms with E-state index in [1.54, 1.807) is 13.8 Å². The van der Waals surface area contributed by atoms with Gasteiger partial charge in [-0.05, 0) is 13.8 Å². The molecule has 0 rings (SSSR count). The summed E-state index contributed by atoms with van der Waals surface area (Å²) in [6, 6.07) is 0. The Labute approximate surface area is 117 Å². The van der Waals surface area contributed by atoms with Crippen molar-refractivity contribution in [2.24, 2.45) is 0 Å². The maximum atomic E-state index is 10.9. The van der Waals surface area contributed by atoms with Gasteiger partial charge in [-0.1, -0.05) is 0 Å². The first-order valence-electron chi connectivity index (χ1n) is 4.39. The van der Waals surface area contributed by atoms with Crippen molar-refractivity contribution in [3.63, 3.8) is 0 Å². The Morgan fingerprint density at radius 2 is 2.06 bits per heavy atom. The summed E-state index contributed by atoms with van der Waals surface area (Å²) in [5.74, 6) is -0.893. The van der Waals surface area contributed by atoms with E-state index in [9.17, 15) is 13.2 Å². The molecular formula is C8H16NNaO5S. The van der Waals surface area contributed by atoms with Crippen molar-refractivity contribution in [1.82, 2.24) is 5.32 Å². The van der Waals surface area contributed by atoms with E-state index in [0.717, 1.165) is 0 Å². The number of carbonyl (C=O) groups excluding carboxylic acids is 1. The molecule has 0 unspecified atom stereocenters.